The van der Waals surface area contributed by atoms with Gasteiger partial charge in [-0.05, 0) is 70.9 Å². The molecular weight excluding hydrogens is 357 g/mol. The molecule has 1 aliphatic carbocycles. The molecule has 1 aliphatic heterocycles. The van der Waals surface area contributed by atoms with Crippen LogP contribution >= 0.6 is 0 Å². The van der Waals surface area contributed by atoms with Crippen LogP contribution in [0.2, 0.25) is 0 Å². The van der Waals surface area contributed by atoms with E-state index in [-0.39, 0.29) is 23.6 Å². The normalized spacial score (nSPS) is 20.5. The number of piperidine rings is 1. The molecule has 5 heteroatoms. The minimum atomic E-state index is -0.572. The summed E-state index contributed by atoms with van der Waals surface area (Å²) >= 11 is 0. The van der Waals surface area contributed by atoms with Crippen molar-refractivity contribution < 1.29 is 18.7 Å². The summed E-state index contributed by atoms with van der Waals surface area (Å²) in [4.78, 5) is 27.3. The van der Waals surface area contributed by atoms with E-state index in [9.17, 15) is 14.0 Å². The zero-order valence-corrected chi connectivity index (χ0v) is 17.1. The molecule has 0 N–H and O–H groups in total. The smallest absolute Gasteiger partial charge is 0.410 e. The Morgan fingerprint density at radius 3 is 2.64 bits per heavy atom. The largest absolute Gasteiger partial charge is 0.444 e. The molecule has 0 saturated carbocycles. The third-order valence-electron chi connectivity index (χ3n) is 5.34. The van der Waals surface area contributed by atoms with Gasteiger partial charge in [0.15, 0.2) is 5.78 Å². The van der Waals surface area contributed by atoms with Gasteiger partial charge in [-0.15, -0.1) is 0 Å². The second-order valence-corrected chi connectivity index (χ2v) is 8.77. The molecule has 3 rings (SSSR count). The average Bonchev–Trinajstić information content (AvgIpc) is 2.66. The van der Waals surface area contributed by atoms with Crippen molar-refractivity contribution >= 4 is 17.4 Å². The summed E-state index contributed by atoms with van der Waals surface area (Å²) in [5.74, 6) is -0.737. The van der Waals surface area contributed by atoms with E-state index in [1.54, 1.807) is 17.0 Å². The zero-order chi connectivity index (χ0) is 20.3. The third kappa shape index (κ3) is 4.81. The SMILES string of the molecule is CC(C)(C)OC(=O)N1CCC[C@@H](C(=O)c2cccc(F)c2C2=CCCCC2)C1. The molecule has 2 aliphatic rings. The van der Waals surface area contributed by atoms with Crippen LogP contribution < -0.4 is 0 Å². The molecule has 1 aromatic rings. The lowest BCUT2D eigenvalue weighted by Crippen LogP contribution is -2.44. The molecule has 1 saturated heterocycles. The van der Waals surface area contributed by atoms with Gasteiger partial charge in [-0.2, -0.15) is 0 Å². The summed E-state index contributed by atoms with van der Waals surface area (Å²) in [5, 5.41) is 0. The zero-order valence-electron chi connectivity index (χ0n) is 17.1. The number of carbonyl (C=O) groups excluding carboxylic acids is 2. The number of likely N-dealkylation sites (tertiary alicyclic amines) is 1. The molecule has 1 fully saturated rings. The van der Waals surface area contributed by atoms with E-state index < -0.39 is 5.60 Å². The summed E-state index contributed by atoms with van der Waals surface area (Å²) in [7, 11) is 0. The lowest BCUT2D eigenvalue weighted by Gasteiger charge is -2.33. The van der Waals surface area contributed by atoms with E-state index in [4.69, 9.17) is 4.74 Å². The Morgan fingerprint density at radius 1 is 1.18 bits per heavy atom. The minimum Gasteiger partial charge on any atom is -0.444 e. The van der Waals surface area contributed by atoms with Crippen LogP contribution in [0.5, 0.6) is 0 Å². The Hall–Kier alpha value is -2.17. The van der Waals surface area contributed by atoms with Gasteiger partial charge in [-0.1, -0.05) is 18.2 Å². The summed E-state index contributed by atoms with van der Waals surface area (Å²) in [5.41, 5.74) is 1.27. The van der Waals surface area contributed by atoms with Crippen molar-refractivity contribution in [3.05, 3.63) is 41.2 Å². The standard InChI is InChI=1S/C23H30FNO3/c1-23(2,3)28-22(27)25-14-8-11-17(15-25)21(26)18-12-7-13-19(24)20(18)16-9-5-4-6-10-16/h7,9,12-13,17H,4-6,8,10-11,14-15H2,1-3H3/t17-/m1/s1. The number of amides is 1. The van der Waals surface area contributed by atoms with Crippen LogP contribution in [0.1, 0.15) is 75.2 Å². The van der Waals surface area contributed by atoms with Crippen molar-refractivity contribution in [3.63, 3.8) is 0 Å². The molecule has 0 bridgehead atoms. The van der Waals surface area contributed by atoms with Gasteiger partial charge >= 0.3 is 6.09 Å². The fourth-order valence-electron chi connectivity index (χ4n) is 4.02. The molecule has 28 heavy (non-hydrogen) atoms. The minimum absolute atomic E-state index is 0.0748. The molecule has 1 amide bonds. The first-order chi connectivity index (χ1) is 13.3. The van der Waals surface area contributed by atoms with Crippen molar-refractivity contribution in [1.29, 1.82) is 0 Å². The summed E-state index contributed by atoms with van der Waals surface area (Å²) < 4.78 is 20.1. The number of rotatable bonds is 3. The molecule has 0 unspecified atom stereocenters. The first kappa shape index (κ1) is 20.6. The van der Waals surface area contributed by atoms with E-state index in [1.165, 1.54) is 6.07 Å². The summed E-state index contributed by atoms with van der Waals surface area (Å²) in [6.45, 7) is 6.39. The van der Waals surface area contributed by atoms with E-state index in [1.807, 2.05) is 20.8 Å². The van der Waals surface area contributed by atoms with Crippen molar-refractivity contribution in [2.24, 2.45) is 5.92 Å². The fraction of sp³-hybridized carbons (Fsp3) is 0.565. The lowest BCUT2D eigenvalue weighted by molar-refractivity contribution is 0.0172. The molecule has 1 aromatic carbocycles. The van der Waals surface area contributed by atoms with Gasteiger partial charge < -0.3 is 9.64 Å². The fourth-order valence-corrected chi connectivity index (χ4v) is 4.02. The number of nitrogens with zero attached hydrogens (tertiary/aromatic N) is 1. The predicted octanol–water partition coefficient (Wildman–Crippen LogP) is 5.61. The van der Waals surface area contributed by atoms with Crippen LogP contribution in [0, 0.1) is 11.7 Å². The van der Waals surface area contributed by atoms with E-state index in [0.717, 1.165) is 37.7 Å². The Bertz CT molecular complexity index is 779. The highest BCUT2D eigenvalue weighted by Crippen LogP contribution is 2.33. The highest BCUT2D eigenvalue weighted by Gasteiger charge is 2.33. The van der Waals surface area contributed by atoms with Gasteiger partial charge in [0.25, 0.3) is 0 Å². The number of Topliss-reactive ketones (excluding diaryl/α,β-unsaturated/α-hetero) is 1. The second-order valence-electron chi connectivity index (χ2n) is 8.77. The molecule has 1 heterocycles. The first-order valence-electron chi connectivity index (χ1n) is 10.3. The van der Waals surface area contributed by atoms with Crippen LogP contribution in [0.25, 0.3) is 5.57 Å². The maximum absolute atomic E-state index is 14.7. The van der Waals surface area contributed by atoms with Crippen molar-refractivity contribution in [2.45, 2.75) is 64.9 Å². The molecule has 1 atom stereocenters. The van der Waals surface area contributed by atoms with Crippen LogP contribution in [0.3, 0.4) is 0 Å². The van der Waals surface area contributed by atoms with Gasteiger partial charge in [-0.25, -0.2) is 9.18 Å². The van der Waals surface area contributed by atoms with Crippen LogP contribution in [-0.2, 0) is 4.74 Å². The van der Waals surface area contributed by atoms with Crippen LogP contribution in [-0.4, -0.2) is 35.5 Å². The Kier molecular flexibility index (Phi) is 6.21. The highest BCUT2D eigenvalue weighted by atomic mass is 19.1. The molecule has 4 nitrogen and oxygen atoms in total. The second kappa shape index (κ2) is 8.46. The first-order valence-corrected chi connectivity index (χ1v) is 10.3. The molecular formula is C23H30FNO3. The quantitative estimate of drug-likeness (QED) is 0.633. The van der Waals surface area contributed by atoms with E-state index in [0.29, 0.717) is 30.6 Å². The third-order valence-corrected chi connectivity index (χ3v) is 5.34. The van der Waals surface area contributed by atoms with Crippen LogP contribution in [0.4, 0.5) is 9.18 Å². The number of benzene rings is 1. The molecule has 0 aromatic heterocycles. The lowest BCUT2D eigenvalue weighted by atomic mass is 9.84. The molecule has 0 radical (unpaired) electrons. The van der Waals surface area contributed by atoms with Crippen molar-refractivity contribution in [1.82, 2.24) is 4.90 Å². The monoisotopic (exact) mass is 387 g/mol. The highest BCUT2D eigenvalue weighted by molar-refractivity contribution is 6.02. The van der Waals surface area contributed by atoms with Gasteiger partial charge in [0.1, 0.15) is 11.4 Å². The predicted molar refractivity (Wildman–Crippen MR) is 108 cm³/mol. The Labute approximate surface area is 166 Å². The number of ether oxygens (including phenoxy) is 1. The number of hydrogen-bond donors (Lipinski definition) is 0. The van der Waals surface area contributed by atoms with Crippen LogP contribution in [0.15, 0.2) is 24.3 Å². The summed E-state index contributed by atoms with van der Waals surface area (Å²) in [6, 6.07) is 4.75. The topological polar surface area (TPSA) is 46.6 Å². The molecule has 152 valence electrons. The molecule has 0 spiro atoms. The van der Waals surface area contributed by atoms with Gasteiger partial charge in [0.2, 0.25) is 0 Å². The Morgan fingerprint density at radius 2 is 1.96 bits per heavy atom. The van der Waals surface area contributed by atoms with Gasteiger partial charge in [0.05, 0.1) is 0 Å². The van der Waals surface area contributed by atoms with E-state index >= 15 is 0 Å². The maximum Gasteiger partial charge on any atom is 0.410 e. The number of halogens is 1. The number of carbonyl (C=O) groups is 2. The average molecular weight is 387 g/mol. The van der Waals surface area contributed by atoms with Gasteiger partial charge in [0, 0.05) is 30.1 Å². The van der Waals surface area contributed by atoms with Crippen molar-refractivity contribution in [3.8, 4) is 0 Å². The maximum atomic E-state index is 14.7. The number of ketones is 1. The summed E-state index contributed by atoms with van der Waals surface area (Å²) in [6.07, 6.45) is 6.96. The van der Waals surface area contributed by atoms with Gasteiger partial charge in [-0.3, -0.25) is 4.79 Å². The number of allylic oxidation sites excluding steroid dienone is 2. The Balaban J connectivity index is 1.81. The van der Waals surface area contributed by atoms with E-state index in [2.05, 4.69) is 6.08 Å². The van der Waals surface area contributed by atoms with Crippen molar-refractivity contribution in [2.75, 3.05) is 13.1 Å². The number of hydrogen-bond acceptors (Lipinski definition) is 3.